The van der Waals surface area contributed by atoms with Crippen LogP contribution < -0.4 is 0 Å². The summed E-state index contributed by atoms with van der Waals surface area (Å²) in [5.74, 6) is -0.224. The molecule has 0 nitrogen and oxygen atoms in total. The van der Waals surface area contributed by atoms with Crippen molar-refractivity contribution in [1.82, 2.24) is 0 Å². The highest BCUT2D eigenvalue weighted by molar-refractivity contribution is 5.66. The molecule has 29 heavy (non-hydrogen) atoms. The van der Waals surface area contributed by atoms with Crippen LogP contribution >= 0.6 is 0 Å². The minimum Gasteiger partial charge on any atom is -0.206 e. The number of alkyl halides is 3. The SMILES string of the molecule is C=CC1CCC(c2ccc(-c3cc(F)c(C#CC(F)(F)F)c(F)c3)c(F)c2)CC1. The molecule has 1 aliphatic carbocycles. The fourth-order valence-electron chi connectivity index (χ4n) is 3.69. The lowest BCUT2D eigenvalue weighted by Crippen LogP contribution is -2.11. The van der Waals surface area contributed by atoms with Crippen molar-refractivity contribution in [3.63, 3.8) is 0 Å². The van der Waals surface area contributed by atoms with Crippen molar-refractivity contribution in [2.75, 3.05) is 0 Å². The highest BCUT2D eigenvalue weighted by Gasteiger charge is 2.24. The Morgan fingerprint density at radius 1 is 0.897 bits per heavy atom. The number of hydrogen-bond acceptors (Lipinski definition) is 0. The normalized spacial score (nSPS) is 19.4. The Bertz CT molecular complexity index is 946. The molecule has 3 rings (SSSR count). The third kappa shape index (κ3) is 5.03. The lowest BCUT2D eigenvalue weighted by atomic mass is 9.78. The summed E-state index contributed by atoms with van der Waals surface area (Å²) in [7, 11) is 0. The van der Waals surface area contributed by atoms with Crippen LogP contribution in [0.15, 0.2) is 43.0 Å². The second-order valence-electron chi connectivity index (χ2n) is 7.15. The van der Waals surface area contributed by atoms with Gasteiger partial charge in [0.05, 0.1) is 5.56 Å². The zero-order chi connectivity index (χ0) is 21.2. The van der Waals surface area contributed by atoms with Gasteiger partial charge >= 0.3 is 6.18 Å². The van der Waals surface area contributed by atoms with E-state index in [9.17, 15) is 26.3 Å². The second-order valence-corrected chi connectivity index (χ2v) is 7.15. The van der Waals surface area contributed by atoms with Gasteiger partial charge in [0.2, 0.25) is 0 Å². The van der Waals surface area contributed by atoms with E-state index in [1.165, 1.54) is 18.1 Å². The fraction of sp³-hybridized carbons (Fsp3) is 0.304. The van der Waals surface area contributed by atoms with Crippen molar-refractivity contribution in [1.29, 1.82) is 0 Å². The van der Waals surface area contributed by atoms with Gasteiger partial charge in [0.15, 0.2) is 0 Å². The van der Waals surface area contributed by atoms with Gasteiger partial charge in [0.1, 0.15) is 17.5 Å². The van der Waals surface area contributed by atoms with Gasteiger partial charge in [0.25, 0.3) is 0 Å². The predicted molar refractivity (Wildman–Crippen MR) is 99.6 cm³/mol. The van der Waals surface area contributed by atoms with Gasteiger partial charge in [-0.3, -0.25) is 0 Å². The van der Waals surface area contributed by atoms with Gasteiger partial charge in [-0.2, -0.15) is 13.2 Å². The first kappa shape index (κ1) is 21.0. The molecule has 1 aliphatic rings. The molecule has 0 saturated heterocycles. The molecule has 0 spiro atoms. The van der Waals surface area contributed by atoms with E-state index in [0.717, 1.165) is 49.3 Å². The van der Waals surface area contributed by atoms with Gasteiger partial charge in [-0.05, 0) is 66.8 Å². The number of halogens is 6. The van der Waals surface area contributed by atoms with Gasteiger partial charge in [0, 0.05) is 11.5 Å². The lowest BCUT2D eigenvalue weighted by Gasteiger charge is -2.27. The molecule has 0 N–H and O–H groups in total. The van der Waals surface area contributed by atoms with Crippen molar-refractivity contribution in [3.05, 3.63) is 71.6 Å². The van der Waals surface area contributed by atoms with E-state index < -0.39 is 29.2 Å². The third-order valence-corrected chi connectivity index (χ3v) is 5.25. The van der Waals surface area contributed by atoms with E-state index in [0.29, 0.717) is 5.92 Å². The van der Waals surface area contributed by atoms with Crippen molar-refractivity contribution >= 4 is 0 Å². The van der Waals surface area contributed by atoms with Crippen molar-refractivity contribution in [2.24, 2.45) is 5.92 Å². The topological polar surface area (TPSA) is 0 Å². The van der Waals surface area contributed by atoms with Crippen LogP contribution in [0.5, 0.6) is 0 Å². The number of benzene rings is 2. The predicted octanol–water partition coefficient (Wildman–Crippen LogP) is 7.14. The Kier molecular flexibility index (Phi) is 6.07. The molecule has 2 aromatic rings. The largest absolute Gasteiger partial charge is 0.458 e. The highest BCUT2D eigenvalue weighted by Crippen LogP contribution is 2.37. The van der Waals surface area contributed by atoms with Crippen LogP contribution in [-0.2, 0) is 0 Å². The van der Waals surface area contributed by atoms with Gasteiger partial charge < -0.3 is 0 Å². The number of rotatable bonds is 3. The molecule has 0 bridgehead atoms. The van der Waals surface area contributed by atoms with Crippen LogP contribution in [-0.4, -0.2) is 6.18 Å². The zero-order valence-corrected chi connectivity index (χ0v) is 15.4. The summed E-state index contributed by atoms with van der Waals surface area (Å²) in [6.07, 6.45) is 0.843. The van der Waals surface area contributed by atoms with Crippen LogP contribution in [0.3, 0.4) is 0 Å². The molecule has 0 radical (unpaired) electrons. The van der Waals surface area contributed by atoms with E-state index in [1.54, 1.807) is 6.07 Å². The second kappa shape index (κ2) is 8.36. The summed E-state index contributed by atoms with van der Waals surface area (Å²) in [5, 5.41) is 0. The molecule has 0 heterocycles. The van der Waals surface area contributed by atoms with Crippen LogP contribution in [0, 0.1) is 35.2 Å². The number of hydrogen-bond donors (Lipinski definition) is 0. The van der Waals surface area contributed by atoms with Crippen molar-refractivity contribution in [3.8, 4) is 23.0 Å². The standard InChI is InChI=1S/C23H18F6/c1-2-14-3-5-15(6-4-14)16-7-8-18(20(24)11-16)17-12-21(25)19(22(26)13-17)9-10-23(27,28)29/h2,7-8,11-15H,1,3-6H2. The van der Waals surface area contributed by atoms with Crippen LogP contribution in [0.2, 0.25) is 0 Å². The molecular formula is C23H18F6. The minimum atomic E-state index is -4.87. The average molecular weight is 408 g/mol. The van der Waals surface area contributed by atoms with Gasteiger partial charge in [-0.25, -0.2) is 13.2 Å². The Morgan fingerprint density at radius 2 is 1.52 bits per heavy atom. The first-order valence-corrected chi connectivity index (χ1v) is 9.19. The summed E-state index contributed by atoms with van der Waals surface area (Å²) in [6.45, 7) is 3.80. The summed E-state index contributed by atoms with van der Waals surface area (Å²) >= 11 is 0. The molecule has 0 amide bonds. The first-order chi connectivity index (χ1) is 13.7. The minimum absolute atomic E-state index is 0.0262. The summed E-state index contributed by atoms with van der Waals surface area (Å²) in [5.41, 5.74) is -0.303. The smallest absolute Gasteiger partial charge is 0.206 e. The number of allylic oxidation sites excluding steroid dienone is 1. The average Bonchev–Trinajstić information content (AvgIpc) is 2.66. The maximum Gasteiger partial charge on any atom is 0.458 e. The summed E-state index contributed by atoms with van der Waals surface area (Å²) < 4.78 is 79.4. The third-order valence-electron chi connectivity index (χ3n) is 5.25. The molecule has 1 saturated carbocycles. The Labute approximate surface area is 165 Å². The van der Waals surface area contributed by atoms with Crippen LogP contribution in [0.25, 0.3) is 11.1 Å². The molecule has 6 heteroatoms. The summed E-state index contributed by atoms with van der Waals surface area (Å²) in [4.78, 5) is 0. The summed E-state index contributed by atoms with van der Waals surface area (Å²) in [6, 6.07) is 6.11. The monoisotopic (exact) mass is 408 g/mol. The first-order valence-electron chi connectivity index (χ1n) is 9.19. The Balaban J connectivity index is 1.87. The maximum atomic E-state index is 14.7. The molecule has 1 fully saturated rings. The Hall–Kier alpha value is -2.68. The maximum absolute atomic E-state index is 14.7. The zero-order valence-electron chi connectivity index (χ0n) is 15.4. The molecule has 0 aromatic heterocycles. The van der Waals surface area contributed by atoms with E-state index in [4.69, 9.17) is 0 Å². The van der Waals surface area contributed by atoms with Gasteiger partial charge in [-0.1, -0.05) is 24.1 Å². The molecule has 2 aromatic carbocycles. The van der Waals surface area contributed by atoms with Gasteiger partial charge in [-0.15, -0.1) is 6.58 Å². The molecule has 0 atom stereocenters. The molecular weight excluding hydrogens is 390 g/mol. The van der Waals surface area contributed by atoms with Crippen LogP contribution in [0.1, 0.15) is 42.7 Å². The fourth-order valence-corrected chi connectivity index (χ4v) is 3.69. The molecule has 0 unspecified atom stereocenters. The Morgan fingerprint density at radius 3 is 2.03 bits per heavy atom. The van der Waals surface area contributed by atoms with Crippen molar-refractivity contribution < 1.29 is 26.3 Å². The lowest BCUT2D eigenvalue weighted by molar-refractivity contribution is -0.0696. The van der Waals surface area contributed by atoms with Crippen LogP contribution in [0.4, 0.5) is 26.3 Å². The molecule has 0 aliphatic heterocycles. The van der Waals surface area contributed by atoms with E-state index in [2.05, 4.69) is 6.58 Å². The highest BCUT2D eigenvalue weighted by atomic mass is 19.4. The van der Waals surface area contributed by atoms with E-state index in [-0.39, 0.29) is 17.0 Å². The quantitative estimate of drug-likeness (QED) is 0.288. The van der Waals surface area contributed by atoms with E-state index in [1.807, 2.05) is 6.08 Å². The van der Waals surface area contributed by atoms with Crippen molar-refractivity contribution in [2.45, 2.75) is 37.8 Å². The van der Waals surface area contributed by atoms with E-state index >= 15 is 0 Å². The molecule has 152 valence electrons.